The average molecular weight is 915 g/mol. The SMILES string of the molecule is COC(=O)[C@]1(C)CC[C@]2(C)CC[C@]3(C)C4=CC(=O)c5c(cc6c(c5C)O[C@@]5(C)C7=CC=C8[C@@](C)(CC[C@@]9(C)[C@@H]%10C[C@@H](C)C(=O)[C@@H](O)[C@]%10(C)CC[C@]89C)C7=CC(=O)[C@@]5(O)O6)[C@]4(C)CC[C@@]3(C)[C@@H]2C1. The zero-order valence-corrected chi connectivity index (χ0v) is 42.4. The number of ether oxygens (including phenoxy) is 3. The Morgan fingerprint density at radius 2 is 1.36 bits per heavy atom. The highest BCUT2D eigenvalue weighted by molar-refractivity contribution is 6.10. The first-order chi connectivity index (χ1) is 31.0. The van der Waals surface area contributed by atoms with Crippen LogP contribution in [0.5, 0.6) is 11.5 Å². The van der Waals surface area contributed by atoms with Crippen molar-refractivity contribution in [2.45, 2.75) is 183 Å². The number of allylic oxidation sites excluding steroid dienone is 5. The molecule has 9 nitrogen and oxygen atoms in total. The minimum atomic E-state index is -2.38. The van der Waals surface area contributed by atoms with Gasteiger partial charge in [0.25, 0.3) is 0 Å². The molecule has 0 radical (unpaired) electrons. The van der Waals surface area contributed by atoms with E-state index >= 15 is 0 Å². The number of carbonyl (C=O) groups excluding carboxylic acids is 4. The fourth-order valence-corrected chi connectivity index (χ4v) is 18.4. The van der Waals surface area contributed by atoms with Crippen LogP contribution < -0.4 is 9.47 Å². The van der Waals surface area contributed by atoms with E-state index in [2.05, 4.69) is 68.4 Å². The van der Waals surface area contributed by atoms with Crippen molar-refractivity contribution in [3.63, 3.8) is 0 Å². The zero-order valence-electron chi connectivity index (χ0n) is 42.4. The first-order valence-electron chi connectivity index (χ1n) is 25.6. The number of Topliss-reactive ketones (excluding diaryl/α,β-unsaturated/α-hetero) is 1. The van der Waals surface area contributed by atoms with Gasteiger partial charge in [0.05, 0.1) is 12.5 Å². The fourth-order valence-electron chi connectivity index (χ4n) is 18.4. The predicted molar refractivity (Wildman–Crippen MR) is 254 cm³/mol. The molecule has 1 aromatic carbocycles. The van der Waals surface area contributed by atoms with Gasteiger partial charge >= 0.3 is 11.8 Å². The topological polar surface area (TPSA) is 136 Å². The van der Waals surface area contributed by atoms with E-state index in [4.69, 9.17) is 14.2 Å². The highest BCUT2D eigenvalue weighted by Crippen LogP contribution is 2.77. The molecular formula is C58H74O9. The molecular weight excluding hydrogens is 841 g/mol. The van der Waals surface area contributed by atoms with Gasteiger partial charge < -0.3 is 24.4 Å². The van der Waals surface area contributed by atoms with Crippen LogP contribution in [0.2, 0.25) is 0 Å². The molecule has 1 aromatic rings. The summed E-state index contributed by atoms with van der Waals surface area (Å²) < 4.78 is 19.2. The van der Waals surface area contributed by atoms with E-state index < -0.39 is 44.9 Å². The van der Waals surface area contributed by atoms with Crippen LogP contribution in [0, 0.1) is 68.0 Å². The molecule has 1 aliphatic heterocycles. The van der Waals surface area contributed by atoms with Crippen LogP contribution in [0.3, 0.4) is 0 Å². The second-order valence-electron chi connectivity index (χ2n) is 26.3. The molecule has 0 bridgehead atoms. The molecule has 0 saturated heterocycles. The standard InChI is InChI=1S/C58H74O9/c1-31-26-39-52(7,46(62)44(31)61)21-25-53(8)38-15-14-33-34(50(38,5)19-23-55(39,53)10)28-42(60)58(64)57(33,12)67-45-32(2)43-35(27-37(45)66-58)51(6)20-24-56(11)41-30-49(4,47(63)65-13)17-16-48(41,3)18-22-54(56,9)40(51)29-36(43)59/h14-15,27-29,31,39,41,46,62,64H,16-26,30H2,1-13H3/t31-,39-,41-,46-,48-,49-,50+,51+,52-,53-,54-,55+,56+,57+,58-/m1/s1. The lowest BCUT2D eigenvalue weighted by atomic mass is 9.34. The third kappa shape index (κ3) is 5.00. The van der Waals surface area contributed by atoms with Crippen LogP contribution in [0.4, 0.5) is 0 Å². The number of methoxy groups -OCH3 is 1. The molecule has 2 N–H and O–H groups in total. The maximum absolute atomic E-state index is 14.9. The molecule has 360 valence electrons. The van der Waals surface area contributed by atoms with E-state index in [1.54, 1.807) is 13.0 Å². The van der Waals surface area contributed by atoms with Crippen LogP contribution in [-0.4, -0.2) is 58.1 Å². The van der Waals surface area contributed by atoms with Crippen molar-refractivity contribution in [3.05, 3.63) is 69.4 Å². The Kier molecular flexibility index (Phi) is 8.93. The molecule has 9 heteroatoms. The molecule has 0 spiro atoms. The number of benzene rings is 1. The van der Waals surface area contributed by atoms with Crippen LogP contribution in [0.15, 0.2) is 52.7 Å². The number of carbonyl (C=O) groups is 4. The second-order valence-corrected chi connectivity index (χ2v) is 26.3. The summed E-state index contributed by atoms with van der Waals surface area (Å²) in [6, 6.07) is 1.89. The average Bonchev–Trinajstić information content (AvgIpc) is 3.27. The van der Waals surface area contributed by atoms with Crippen molar-refractivity contribution < 1.29 is 43.6 Å². The number of hydrogen-bond acceptors (Lipinski definition) is 9. The molecule has 0 amide bonds. The quantitative estimate of drug-likeness (QED) is 0.264. The number of rotatable bonds is 1. The van der Waals surface area contributed by atoms with Gasteiger partial charge in [0.2, 0.25) is 11.4 Å². The Morgan fingerprint density at radius 3 is 2.04 bits per heavy atom. The van der Waals surface area contributed by atoms with Crippen molar-refractivity contribution >= 4 is 23.3 Å². The molecule has 10 aliphatic rings. The highest BCUT2D eigenvalue weighted by atomic mass is 16.7. The van der Waals surface area contributed by atoms with Crippen LogP contribution in [0.1, 0.15) is 175 Å². The van der Waals surface area contributed by atoms with Gasteiger partial charge in [-0.1, -0.05) is 80.0 Å². The first-order valence-corrected chi connectivity index (χ1v) is 25.6. The molecule has 9 aliphatic carbocycles. The number of ketones is 3. The lowest BCUT2D eigenvalue weighted by Crippen LogP contribution is -2.70. The maximum atomic E-state index is 14.9. The third-order valence-electron chi connectivity index (χ3n) is 23.5. The fraction of sp³-hybridized carbons (Fsp3) is 0.690. The first kappa shape index (κ1) is 45.6. The zero-order chi connectivity index (χ0) is 48.5. The van der Waals surface area contributed by atoms with Crippen molar-refractivity contribution in [2.24, 2.45) is 61.1 Å². The summed E-state index contributed by atoms with van der Waals surface area (Å²) in [4.78, 5) is 56.3. The summed E-state index contributed by atoms with van der Waals surface area (Å²) in [5.74, 6) is -2.37. The van der Waals surface area contributed by atoms with Crippen LogP contribution in [-0.2, 0) is 24.5 Å². The monoisotopic (exact) mass is 915 g/mol. The molecule has 6 fully saturated rings. The van der Waals surface area contributed by atoms with Gasteiger partial charge in [-0.05, 0) is 172 Å². The minimum Gasteiger partial charge on any atom is -0.471 e. The number of hydrogen-bond donors (Lipinski definition) is 2. The third-order valence-corrected chi connectivity index (χ3v) is 23.5. The van der Waals surface area contributed by atoms with Gasteiger partial charge in [-0.3, -0.25) is 19.2 Å². The Labute approximate surface area is 397 Å². The molecule has 1 heterocycles. The molecule has 15 atom stereocenters. The van der Waals surface area contributed by atoms with Crippen LogP contribution in [0.25, 0.3) is 0 Å². The molecule has 67 heavy (non-hydrogen) atoms. The summed E-state index contributed by atoms with van der Waals surface area (Å²) in [7, 11) is 1.50. The van der Waals surface area contributed by atoms with E-state index in [0.29, 0.717) is 22.4 Å². The summed E-state index contributed by atoms with van der Waals surface area (Å²) >= 11 is 0. The molecule has 0 unspecified atom stereocenters. The summed E-state index contributed by atoms with van der Waals surface area (Å²) in [5.41, 5.74) is 1.27. The van der Waals surface area contributed by atoms with E-state index in [0.717, 1.165) is 93.8 Å². The Morgan fingerprint density at radius 1 is 0.731 bits per heavy atom. The number of esters is 1. The van der Waals surface area contributed by atoms with Gasteiger partial charge in [0, 0.05) is 38.9 Å². The number of aliphatic hydroxyl groups is 2. The maximum Gasteiger partial charge on any atom is 0.317 e. The Balaban J connectivity index is 0.975. The smallest absolute Gasteiger partial charge is 0.317 e. The lowest BCUT2D eigenvalue weighted by molar-refractivity contribution is -0.231. The van der Waals surface area contributed by atoms with Gasteiger partial charge in [0.15, 0.2) is 23.1 Å². The van der Waals surface area contributed by atoms with Gasteiger partial charge in [-0.25, -0.2) is 0 Å². The summed E-state index contributed by atoms with van der Waals surface area (Å²) in [5, 5.41) is 24.3. The number of aliphatic hydroxyl groups excluding tert-OH is 1. The summed E-state index contributed by atoms with van der Waals surface area (Å²) in [6.07, 6.45) is 16.9. The van der Waals surface area contributed by atoms with Gasteiger partial charge in [0.1, 0.15) is 6.10 Å². The molecule has 11 rings (SSSR count). The van der Waals surface area contributed by atoms with E-state index in [9.17, 15) is 29.4 Å². The van der Waals surface area contributed by atoms with Crippen molar-refractivity contribution in [2.75, 3.05) is 7.11 Å². The van der Waals surface area contributed by atoms with Gasteiger partial charge in [-0.2, -0.15) is 0 Å². The van der Waals surface area contributed by atoms with Crippen molar-refractivity contribution in [1.82, 2.24) is 0 Å². The molecule has 6 saturated carbocycles. The van der Waals surface area contributed by atoms with Gasteiger partial charge in [-0.15, -0.1) is 0 Å². The second kappa shape index (κ2) is 13.1. The van der Waals surface area contributed by atoms with E-state index in [1.807, 2.05) is 32.1 Å². The van der Waals surface area contributed by atoms with E-state index in [-0.39, 0.29) is 68.1 Å². The Bertz CT molecular complexity index is 2670. The summed E-state index contributed by atoms with van der Waals surface area (Å²) in [6.45, 7) is 26.3. The van der Waals surface area contributed by atoms with Crippen LogP contribution >= 0.6 is 0 Å². The minimum absolute atomic E-state index is 0.0385. The number of fused-ring (bicyclic) bond motifs is 17. The highest BCUT2D eigenvalue weighted by Gasteiger charge is 2.73. The normalized spacial score (nSPS) is 50.1. The van der Waals surface area contributed by atoms with Crippen molar-refractivity contribution in [3.8, 4) is 11.5 Å². The van der Waals surface area contributed by atoms with Crippen molar-refractivity contribution in [1.29, 1.82) is 0 Å². The lowest BCUT2D eigenvalue weighted by Gasteiger charge is -2.70. The Hall–Kier alpha value is -3.82. The molecule has 0 aromatic heterocycles. The predicted octanol–water partition coefficient (Wildman–Crippen LogP) is 10.8. The van der Waals surface area contributed by atoms with E-state index in [1.165, 1.54) is 12.7 Å². The largest absolute Gasteiger partial charge is 0.471 e.